The zero-order valence-corrected chi connectivity index (χ0v) is 24.0. The van der Waals surface area contributed by atoms with Crippen LogP contribution < -0.4 is 10.6 Å². The molecular weight excluding hydrogens is 485 g/mol. The standard InChI is InChI=1S/C14H20N2.C11H18N2.C8H8FN/c1-12(14-9-6-10-16(14)2)15-11-13-7-4-3-5-8-13;1-6-8-13(5)9-10(3)11(4)12-7-2;9-8-7(6-3-4-6)2-1-5-10-8/h3-5,7-8,14-15H,1,6,9-11H2,2H3;6-7,9,12H,1-2,4,8H2,3,5H3;1-2,5-6H,3-4H2/b;10-9-;. The van der Waals surface area contributed by atoms with Crippen LogP contribution in [0.2, 0.25) is 0 Å². The third-order valence-corrected chi connectivity index (χ3v) is 6.67. The molecule has 1 unspecified atom stereocenters. The molecule has 1 atom stereocenters. The van der Waals surface area contributed by atoms with Gasteiger partial charge in [-0.2, -0.15) is 4.39 Å². The van der Waals surface area contributed by atoms with Gasteiger partial charge < -0.3 is 15.5 Å². The number of benzene rings is 1. The maximum Gasteiger partial charge on any atom is 0.216 e. The van der Waals surface area contributed by atoms with E-state index in [4.69, 9.17) is 0 Å². The van der Waals surface area contributed by atoms with E-state index in [0.717, 1.165) is 48.5 Å². The summed E-state index contributed by atoms with van der Waals surface area (Å²) in [4.78, 5) is 7.99. The van der Waals surface area contributed by atoms with E-state index in [1.165, 1.54) is 31.1 Å². The first-order valence-electron chi connectivity index (χ1n) is 13.6. The third-order valence-electron chi connectivity index (χ3n) is 6.67. The van der Waals surface area contributed by atoms with Crippen LogP contribution in [0.3, 0.4) is 0 Å². The van der Waals surface area contributed by atoms with Crippen molar-refractivity contribution in [1.82, 2.24) is 25.4 Å². The first kappa shape index (κ1) is 31.6. The molecule has 0 spiro atoms. The second kappa shape index (κ2) is 17.0. The molecule has 0 amide bonds. The number of nitrogens with zero attached hydrogens (tertiary/aromatic N) is 3. The number of aromatic nitrogens is 1. The first-order chi connectivity index (χ1) is 18.8. The second-order valence-corrected chi connectivity index (χ2v) is 10.0. The van der Waals surface area contributed by atoms with Crippen LogP contribution in [0.1, 0.15) is 49.7 Å². The molecule has 2 N–H and O–H groups in total. The molecule has 1 aromatic carbocycles. The van der Waals surface area contributed by atoms with Crippen LogP contribution in [0, 0.1) is 5.95 Å². The van der Waals surface area contributed by atoms with Crippen LogP contribution >= 0.6 is 0 Å². The SMILES string of the molecule is C=C(NCc1ccccc1)C1CCCN1C.C=CCN(C)/C=C(/C)C(=C)NC=C.Fc1ncccc1C1CC1. The fraction of sp³-hybridized carbons (Fsp3) is 0.364. The normalized spacial score (nSPS) is 16.5. The van der Waals surface area contributed by atoms with Gasteiger partial charge in [-0.1, -0.05) is 62.2 Å². The van der Waals surface area contributed by atoms with Crippen molar-refractivity contribution in [3.63, 3.8) is 0 Å². The molecule has 5 nitrogen and oxygen atoms in total. The Hall–Kier alpha value is -3.64. The van der Waals surface area contributed by atoms with Gasteiger partial charge in [0.2, 0.25) is 5.95 Å². The summed E-state index contributed by atoms with van der Waals surface area (Å²) in [5.41, 5.74) is 5.21. The lowest BCUT2D eigenvalue weighted by Gasteiger charge is -2.22. The van der Waals surface area contributed by atoms with Gasteiger partial charge in [0.1, 0.15) is 0 Å². The smallest absolute Gasteiger partial charge is 0.216 e. The molecule has 0 radical (unpaired) electrons. The molecule has 2 aromatic rings. The predicted octanol–water partition coefficient (Wildman–Crippen LogP) is 6.74. The van der Waals surface area contributed by atoms with Gasteiger partial charge in [-0.25, -0.2) is 4.98 Å². The fourth-order valence-electron chi connectivity index (χ4n) is 4.28. The maximum absolute atomic E-state index is 12.8. The van der Waals surface area contributed by atoms with Crippen molar-refractivity contribution in [2.45, 2.75) is 51.1 Å². The molecule has 2 fully saturated rings. The van der Waals surface area contributed by atoms with Crippen LogP contribution in [0.4, 0.5) is 4.39 Å². The molecule has 1 aromatic heterocycles. The fourth-order valence-corrected chi connectivity index (χ4v) is 4.28. The van der Waals surface area contributed by atoms with Gasteiger partial charge in [-0.15, -0.1) is 6.58 Å². The molecule has 1 saturated heterocycles. The second-order valence-electron chi connectivity index (χ2n) is 10.0. The molecule has 1 aliphatic heterocycles. The molecular formula is C33H46FN5. The molecule has 1 saturated carbocycles. The molecule has 1 aliphatic carbocycles. The van der Waals surface area contributed by atoms with Gasteiger partial charge in [0.25, 0.3) is 0 Å². The topological polar surface area (TPSA) is 43.4 Å². The van der Waals surface area contributed by atoms with Crippen LogP contribution in [0.25, 0.3) is 0 Å². The lowest BCUT2D eigenvalue weighted by Crippen LogP contribution is -2.32. The van der Waals surface area contributed by atoms with Crippen molar-refractivity contribution in [3.8, 4) is 0 Å². The molecule has 39 heavy (non-hydrogen) atoms. The highest BCUT2D eigenvalue weighted by molar-refractivity contribution is 5.25. The molecule has 4 rings (SSSR count). The van der Waals surface area contributed by atoms with E-state index in [9.17, 15) is 4.39 Å². The number of pyridine rings is 1. The van der Waals surface area contributed by atoms with Crippen molar-refractivity contribution in [1.29, 1.82) is 0 Å². The van der Waals surface area contributed by atoms with E-state index in [1.807, 2.05) is 43.3 Å². The van der Waals surface area contributed by atoms with Crippen LogP contribution in [0.15, 0.2) is 110 Å². The lowest BCUT2D eigenvalue weighted by molar-refractivity contribution is 0.334. The Morgan fingerprint density at radius 1 is 1.13 bits per heavy atom. The number of allylic oxidation sites excluding steroid dienone is 1. The molecule has 6 heteroatoms. The van der Waals surface area contributed by atoms with E-state index in [0.29, 0.717) is 12.0 Å². The highest BCUT2D eigenvalue weighted by Gasteiger charge is 2.26. The lowest BCUT2D eigenvalue weighted by atomic mass is 10.1. The van der Waals surface area contributed by atoms with Gasteiger partial charge in [0, 0.05) is 55.5 Å². The molecule has 0 bridgehead atoms. The molecule has 2 heterocycles. The zero-order chi connectivity index (χ0) is 28.6. The van der Waals surface area contributed by atoms with Crippen LogP contribution in [-0.4, -0.2) is 48.0 Å². The summed E-state index contributed by atoms with van der Waals surface area (Å²) in [6, 6.07) is 14.6. The average molecular weight is 532 g/mol. The Kier molecular flexibility index (Phi) is 13.8. The van der Waals surface area contributed by atoms with Gasteiger partial charge in [-0.05, 0) is 75.5 Å². The summed E-state index contributed by atoms with van der Waals surface area (Å²) in [7, 11) is 4.17. The number of rotatable bonds is 11. The Morgan fingerprint density at radius 3 is 2.41 bits per heavy atom. The zero-order valence-electron chi connectivity index (χ0n) is 24.0. The van der Waals surface area contributed by atoms with Crippen LogP contribution in [0.5, 0.6) is 0 Å². The van der Waals surface area contributed by atoms with Crippen molar-refractivity contribution in [2.24, 2.45) is 0 Å². The van der Waals surface area contributed by atoms with Crippen LogP contribution in [-0.2, 0) is 6.54 Å². The van der Waals surface area contributed by atoms with E-state index < -0.39 is 0 Å². The largest absolute Gasteiger partial charge is 0.383 e. The Bertz CT molecular complexity index is 1090. The number of nitrogens with one attached hydrogen (secondary N) is 2. The summed E-state index contributed by atoms with van der Waals surface area (Å²) < 4.78 is 12.8. The number of hydrogen-bond donors (Lipinski definition) is 2. The summed E-state index contributed by atoms with van der Waals surface area (Å²) >= 11 is 0. The number of hydrogen-bond acceptors (Lipinski definition) is 5. The summed E-state index contributed by atoms with van der Waals surface area (Å²) in [6.45, 7) is 20.1. The quantitative estimate of drug-likeness (QED) is 0.191. The first-order valence-corrected chi connectivity index (χ1v) is 13.6. The number of halogens is 1. The number of likely N-dealkylation sites (tertiary alicyclic amines) is 1. The van der Waals surface area contributed by atoms with Crippen molar-refractivity contribution in [3.05, 3.63) is 127 Å². The van der Waals surface area contributed by atoms with Gasteiger partial charge in [0.05, 0.1) is 0 Å². The summed E-state index contributed by atoms with van der Waals surface area (Å²) in [5, 5.41) is 6.38. The van der Waals surface area contributed by atoms with Gasteiger partial charge >= 0.3 is 0 Å². The highest BCUT2D eigenvalue weighted by Crippen LogP contribution is 2.40. The minimum Gasteiger partial charge on any atom is -0.383 e. The van der Waals surface area contributed by atoms with Crippen molar-refractivity contribution >= 4 is 0 Å². The Balaban J connectivity index is 0.000000211. The minimum atomic E-state index is -0.287. The highest BCUT2D eigenvalue weighted by atomic mass is 19.1. The molecule has 2 aliphatic rings. The van der Waals surface area contributed by atoms with E-state index in [-0.39, 0.29) is 5.95 Å². The van der Waals surface area contributed by atoms with E-state index in [1.54, 1.807) is 12.3 Å². The maximum atomic E-state index is 12.8. The van der Waals surface area contributed by atoms with E-state index >= 15 is 0 Å². The Morgan fingerprint density at radius 2 is 1.85 bits per heavy atom. The Labute approximate surface area is 235 Å². The predicted molar refractivity (Wildman–Crippen MR) is 163 cm³/mol. The monoisotopic (exact) mass is 531 g/mol. The van der Waals surface area contributed by atoms with E-state index in [2.05, 4.69) is 78.1 Å². The molecule has 210 valence electrons. The summed E-state index contributed by atoms with van der Waals surface area (Å²) in [6.07, 6.45) is 11.7. The number of likely N-dealkylation sites (N-methyl/N-ethyl adjacent to an activating group) is 2. The van der Waals surface area contributed by atoms with Crippen molar-refractivity contribution < 1.29 is 4.39 Å². The van der Waals surface area contributed by atoms with Crippen molar-refractivity contribution in [2.75, 3.05) is 27.2 Å². The third kappa shape index (κ3) is 11.7. The van der Waals surface area contributed by atoms with Gasteiger partial charge in [0.15, 0.2) is 0 Å². The summed E-state index contributed by atoms with van der Waals surface area (Å²) in [5.74, 6) is 0.179. The average Bonchev–Trinajstić information content (AvgIpc) is 3.68. The van der Waals surface area contributed by atoms with Gasteiger partial charge in [-0.3, -0.25) is 4.90 Å². The minimum absolute atomic E-state index is 0.287.